The third-order valence-corrected chi connectivity index (χ3v) is 7.63. The molecule has 2 aromatic carbocycles. The smallest absolute Gasteiger partial charge is 0.435 e. The van der Waals surface area contributed by atoms with Crippen LogP contribution >= 0.6 is 34.2 Å². The quantitative estimate of drug-likeness (QED) is 0.117. The molecule has 0 spiro atoms. The van der Waals surface area contributed by atoms with Crippen molar-refractivity contribution >= 4 is 51.7 Å². The van der Waals surface area contributed by atoms with Crippen LogP contribution in [0.1, 0.15) is 43.5 Å². The second-order valence-electron chi connectivity index (χ2n) is 10.3. The van der Waals surface area contributed by atoms with Gasteiger partial charge < -0.3 is 15.4 Å². The second kappa shape index (κ2) is 14.5. The zero-order valence-corrected chi connectivity index (χ0v) is 27.9. The number of rotatable bonds is 11. The number of carbonyl (C=O) groups excluding carboxylic acids is 2. The molecule has 262 valence electrons. The number of benzene rings is 2. The summed E-state index contributed by atoms with van der Waals surface area (Å²) in [6, 6.07) is 12.9. The van der Waals surface area contributed by atoms with Crippen molar-refractivity contribution in [3.8, 4) is 11.6 Å². The number of alkyl halides is 7. The number of tetrazole rings is 1. The molecule has 12 nitrogen and oxygen atoms in total. The van der Waals surface area contributed by atoms with Crippen LogP contribution in [0.5, 0.6) is 5.75 Å². The van der Waals surface area contributed by atoms with E-state index in [1.54, 1.807) is 13.0 Å². The lowest BCUT2D eigenvalue weighted by atomic mass is 10.1. The maximum atomic E-state index is 13.8. The van der Waals surface area contributed by atoms with E-state index in [1.165, 1.54) is 54.7 Å². The van der Waals surface area contributed by atoms with E-state index in [1.807, 2.05) is 22.6 Å². The Morgan fingerprint density at radius 3 is 2.40 bits per heavy atom. The first-order chi connectivity index (χ1) is 23.5. The number of anilines is 1. The van der Waals surface area contributed by atoms with Gasteiger partial charge in [0.25, 0.3) is 17.6 Å². The topological polar surface area (TPSA) is 142 Å². The third-order valence-electron chi connectivity index (χ3n) is 6.71. The Bertz CT molecular complexity index is 2040. The van der Waals surface area contributed by atoms with Gasteiger partial charge in [0.05, 0.1) is 22.0 Å². The third kappa shape index (κ3) is 8.12. The van der Waals surface area contributed by atoms with Gasteiger partial charge in [-0.05, 0) is 88.3 Å². The maximum Gasteiger partial charge on any atom is 0.461 e. The van der Waals surface area contributed by atoms with Gasteiger partial charge >= 0.3 is 18.7 Å². The number of hydrogen-bond acceptors (Lipinski definition) is 8. The Hall–Kier alpha value is -4.86. The molecule has 0 saturated heterocycles. The minimum absolute atomic E-state index is 0.00700. The summed E-state index contributed by atoms with van der Waals surface area (Å²) in [5, 5.41) is 18.9. The molecule has 0 aliphatic heterocycles. The summed E-state index contributed by atoms with van der Waals surface area (Å²) in [6.07, 6.45) is -4.62. The number of ether oxygens (including phenoxy) is 1. The van der Waals surface area contributed by atoms with Gasteiger partial charge in [0.15, 0.2) is 5.82 Å². The molecule has 3 heterocycles. The van der Waals surface area contributed by atoms with Crippen molar-refractivity contribution in [3.63, 3.8) is 0 Å². The molecule has 2 amide bonds. The Balaban J connectivity index is 1.42. The number of amides is 2. The fourth-order valence-corrected chi connectivity index (χ4v) is 5.38. The van der Waals surface area contributed by atoms with E-state index < -0.39 is 42.9 Å². The number of pyridine rings is 1. The van der Waals surface area contributed by atoms with Crippen molar-refractivity contribution < 1.29 is 45.1 Å². The molecule has 3 aromatic heterocycles. The highest BCUT2D eigenvalue weighted by Gasteiger charge is 2.62. The van der Waals surface area contributed by atoms with Gasteiger partial charge in [0.2, 0.25) is 0 Å². The lowest BCUT2D eigenvalue weighted by molar-refractivity contribution is -0.292. The van der Waals surface area contributed by atoms with Crippen molar-refractivity contribution in [3.05, 3.63) is 103 Å². The Morgan fingerprint density at radius 2 is 1.74 bits per heavy atom. The fourth-order valence-electron chi connectivity index (χ4n) is 4.40. The van der Waals surface area contributed by atoms with E-state index in [9.17, 15) is 40.3 Å². The minimum atomic E-state index is -5.97. The van der Waals surface area contributed by atoms with Crippen LogP contribution in [0, 0.1) is 10.5 Å². The molecule has 5 aromatic rings. The number of nitrogens with one attached hydrogen (secondary N) is 2. The van der Waals surface area contributed by atoms with Gasteiger partial charge in [-0.25, -0.2) is 9.67 Å². The summed E-state index contributed by atoms with van der Waals surface area (Å²) >= 11 is 8.29. The Morgan fingerprint density at radius 1 is 1.02 bits per heavy atom. The van der Waals surface area contributed by atoms with Crippen molar-refractivity contribution in [1.29, 1.82) is 0 Å². The summed E-state index contributed by atoms with van der Waals surface area (Å²) in [4.78, 5) is 31.8. The van der Waals surface area contributed by atoms with Crippen molar-refractivity contribution in [1.82, 2.24) is 40.3 Å². The largest absolute Gasteiger partial charge is 0.461 e. The van der Waals surface area contributed by atoms with Gasteiger partial charge in [0, 0.05) is 16.3 Å². The number of halogens is 9. The molecule has 0 aliphatic carbocycles. The summed E-state index contributed by atoms with van der Waals surface area (Å²) in [6.45, 7) is -1.96. The van der Waals surface area contributed by atoms with E-state index in [0.717, 1.165) is 4.68 Å². The highest BCUT2D eigenvalue weighted by molar-refractivity contribution is 14.1. The number of nitrogens with zero attached hydrogens (tertiary/aromatic N) is 7. The number of aromatic nitrogens is 7. The molecule has 0 saturated carbocycles. The minimum Gasteiger partial charge on any atom is -0.435 e. The second-order valence-corrected chi connectivity index (χ2v) is 11.9. The lowest BCUT2D eigenvalue weighted by Crippen LogP contribution is -2.35. The molecule has 0 atom stereocenters. The lowest BCUT2D eigenvalue weighted by Gasteiger charge is -2.16. The molecule has 0 bridgehead atoms. The first-order valence-corrected chi connectivity index (χ1v) is 15.3. The Kier molecular flexibility index (Phi) is 10.6. The van der Waals surface area contributed by atoms with Crippen molar-refractivity contribution in [2.75, 3.05) is 5.32 Å². The highest BCUT2D eigenvalue weighted by atomic mass is 127. The Labute approximate surface area is 295 Å². The number of hydrogen-bond donors (Lipinski definition) is 2. The van der Waals surface area contributed by atoms with Crippen LogP contribution in [0.15, 0.2) is 60.8 Å². The molecule has 0 unspecified atom stereocenters. The van der Waals surface area contributed by atoms with Crippen LogP contribution < -0.4 is 15.4 Å². The predicted octanol–water partition coefficient (Wildman–Crippen LogP) is 6.31. The fraction of sp³-hybridized carbons (Fsp3) is 0.207. The zero-order valence-electron chi connectivity index (χ0n) is 25.0. The van der Waals surface area contributed by atoms with Crippen LogP contribution in [-0.4, -0.2) is 59.6 Å². The molecule has 5 rings (SSSR count). The number of carbonyl (C=O) groups is 2. The zero-order chi connectivity index (χ0) is 36.4. The first-order valence-electron chi connectivity index (χ1n) is 13.9. The number of aryl methyl sites for hydroxylation is 1. The molecule has 0 fully saturated rings. The van der Waals surface area contributed by atoms with Crippen LogP contribution in [0.25, 0.3) is 5.82 Å². The first kappa shape index (κ1) is 36.4. The summed E-state index contributed by atoms with van der Waals surface area (Å²) in [7, 11) is 0. The van der Waals surface area contributed by atoms with E-state index in [4.69, 9.17) is 11.6 Å². The molecule has 2 N–H and O–H groups in total. The van der Waals surface area contributed by atoms with Crippen LogP contribution in [0.3, 0.4) is 0 Å². The SMILES string of the molecule is Cc1cc(I)cc(C(=O)NCc2ccc(OC(F)F)cc2)c1NC(=O)c1cc(Cn2nnc(C(F)(F)C(F)(F)F)n2)nn1-c1ncccc1Cl. The van der Waals surface area contributed by atoms with Crippen LogP contribution in [0.4, 0.5) is 36.4 Å². The molecule has 0 aliphatic rings. The van der Waals surface area contributed by atoms with Crippen molar-refractivity contribution in [2.24, 2.45) is 0 Å². The summed E-state index contributed by atoms with van der Waals surface area (Å²) in [5.41, 5.74) is 0.901. The van der Waals surface area contributed by atoms with E-state index in [-0.39, 0.29) is 45.8 Å². The van der Waals surface area contributed by atoms with Gasteiger partial charge in [-0.1, -0.05) is 23.7 Å². The highest BCUT2D eigenvalue weighted by Crippen LogP contribution is 2.42. The summed E-state index contributed by atoms with van der Waals surface area (Å²) < 4.78 is 96.8. The molecular formula is C29H20ClF7IN9O3. The predicted molar refractivity (Wildman–Crippen MR) is 169 cm³/mol. The van der Waals surface area contributed by atoms with E-state index in [0.29, 0.717) is 19.5 Å². The molecule has 50 heavy (non-hydrogen) atoms. The summed E-state index contributed by atoms with van der Waals surface area (Å²) in [5.74, 6) is -8.79. The average molecular weight is 838 g/mol. The van der Waals surface area contributed by atoms with Gasteiger partial charge in [-0.3, -0.25) is 9.59 Å². The van der Waals surface area contributed by atoms with Crippen LogP contribution in [-0.2, 0) is 19.0 Å². The van der Waals surface area contributed by atoms with Gasteiger partial charge in [-0.2, -0.15) is 40.6 Å². The van der Waals surface area contributed by atoms with Crippen LogP contribution in [0.2, 0.25) is 5.02 Å². The van der Waals surface area contributed by atoms with Gasteiger partial charge in [0.1, 0.15) is 18.0 Å². The normalized spacial score (nSPS) is 11.9. The molecule has 0 radical (unpaired) electrons. The van der Waals surface area contributed by atoms with E-state index in [2.05, 4.69) is 40.9 Å². The maximum absolute atomic E-state index is 13.8. The average Bonchev–Trinajstić information content (AvgIpc) is 3.69. The van der Waals surface area contributed by atoms with E-state index >= 15 is 0 Å². The molecular weight excluding hydrogens is 818 g/mol. The van der Waals surface area contributed by atoms with Gasteiger partial charge in [-0.15, -0.1) is 10.2 Å². The molecule has 21 heteroatoms. The standard InChI is InChI=1S/C29H20ClF7IN9O3/c1-14-9-16(38)10-19(24(48)40-12-15-4-6-18(7-5-15)50-27(31)32)22(14)41-25(49)21-11-17(43-47(21)23-20(30)3-2-8-39-23)13-46-44-26(42-45-46)28(33,34)29(35,36)37/h2-11,27H,12-13H2,1H3,(H,40,48)(H,41,49). The van der Waals surface area contributed by atoms with Crippen molar-refractivity contribution in [2.45, 2.75) is 38.7 Å². The monoisotopic (exact) mass is 837 g/mol.